The highest BCUT2D eigenvalue weighted by molar-refractivity contribution is 6.45. The van der Waals surface area contributed by atoms with Crippen molar-refractivity contribution in [3.05, 3.63) is 11.8 Å². The molecule has 0 bridgehead atoms. The SMILES string of the molecule is COC1=CC(=O)C(=O)N(C)C1=O. The van der Waals surface area contributed by atoms with Crippen LogP contribution in [-0.4, -0.2) is 36.7 Å². The average Bonchev–Trinajstić information content (AvgIpc) is 2.08. The summed E-state index contributed by atoms with van der Waals surface area (Å²) in [5, 5.41) is 0. The quantitative estimate of drug-likeness (QED) is 0.376. The number of carbonyl (C=O) groups excluding carboxylic acids is 3. The van der Waals surface area contributed by atoms with Crippen LogP contribution in [0.25, 0.3) is 0 Å². The highest BCUT2D eigenvalue weighted by atomic mass is 16.5. The van der Waals surface area contributed by atoms with Gasteiger partial charge in [0.1, 0.15) is 0 Å². The number of hydrogen-bond donors (Lipinski definition) is 0. The van der Waals surface area contributed by atoms with Gasteiger partial charge in [-0.3, -0.25) is 19.3 Å². The van der Waals surface area contributed by atoms with E-state index in [2.05, 4.69) is 4.74 Å². The number of amides is 2. The number of rotatable bonds is 1. The zero-order valence-electron chi connectivity index (χ0n) is 6.66. The first-order valence-electron chi connectivity index (χ1n) is 3.20. The van der Waals surface area contributed by atoms with Crippen molar-refractivity contribution in [2.75, 3.05) is 14.2 Å². The summed E-state index contributed by atoms with van der Waals surface area (Å²) < 4.78 is 4.59. The minimum Gasteiger partial charge on any atom is -0.491 e. The monoisotopic (exact) mass is 169 g/mol. The Morgan fingerprint density at radius 3 is 2.33 bits per heavy atom. The average molecular weight is 169 g/mol. The molecule has 0 aromatic heterocycles. The standard InChI is InChI=1S/C7H7NO4/c1-8-6(10)4(9)3-5(12-2)7(8)11/h3H,1-2H3. The molecule has 1 rings (SSSR count). The van der Waals surface area contributed by atoms with Gasteiger partial charge in [0.05, 0.1) is 7.11 Å². The van der Waals surface area contributed by atoms with Gasteiger partial charge in [-0.2, -0.15) is 0 Å². The molecule has 0 aromatic rings. The number of ether oxygens (including phenoxy) is 1. The Morgan fingerprint density at radius 1 is 1.25 bits per heavy atom. The van der Waals surface area contributed by atoms with Crippen LogP contribution in [0.3, 0.4) is 0 Å². The molecule has 0 N–H and O–H groups in total. The van der Waals surface area contributed by atoms with E-state index in [1.54, 1.807) is 0 Å². The van der Waals surface area contributed by atoms with Gasteiger partial charge in [-0.1, -0.05) is 0 Å². The molecule has 0 unspecified atom stereocenters. The normalized spacial score (nSPS) is 18.0. The van der Waals surface area contributed by atoms with Crippen LogP contribution in [0.15, 0.2) is 11.8 Å². The van der Waals surface area contributed by atoms with E-state index in [4.69, 9.17) is 0 Å². The summed E-state index contributed by atoms with van der Waals surface area (Å²) in [6.45, 7) is 0. The van der Waals surface area contributed by atoms with Crippen molar-refractivity contribution in [3.63, 3.8) is 0 Å². The lowest BCUT2D eigenvalue weighted by atomic mass is 10.2. The lowest BCUT2D eigenvalue weighted by molar-refractivity contribution is -0.150. The maximum absolute atomic E-state index is 11.1. The largest absolute Gasteiger partial charge is 0.491 e. The highest BCUT2D eigenvalue weighted by Crippen LogP contribution is 2.08. The highest BCUT2D eigenvalue weighted by Gasteiger charge is 2.31. The molecule has 5 heteroatoms. The number of nitrogens with zero attached hydrogens (tertiary/aromatic N) is 1. The number of likely N-dealkylation sites (N-methyl/N-ethyl adjacent to an activating group) is 1. The molecule has 0 aromatic carbocycles. The minimum atomic E-state index is -0.833. The number of methoxy groups -OCH3 is 1. The number of carbonyl (C=O) groups is 3. The van der Waals surface area contributed by atoms with Gasteiger partial charge in [0.25, 0.3) is 5.91 Å². The summed E-state index contributed by atoms with van der Waals surface area (Å²) in [4.78, 5) is 33.5. The Morgan fingerprint density at radius 2 is 1.83 bits per heavy atom. The van der Waals surface area contributed by atoms with E-state index >= 15 is 0 Å². The Kier molecular flexibility index (Phi) is 1.95. The number of imide groups is 1. The van der Waals surface area contributed by atoms with Crippen LogP contribution in [0.5, 0.6) is 0 Å². The topological polar surface area (TPSA) is 63.7 Å². The van der Waals surface area contributed by atoms with E-state index in [0.717, 1.165) is 11.0 Å². The molecule has 1 aliphatic rings. The van der Waals surface area contributed by atoms with Crippen molar-refractivity contribution in [3.8, 4) is 0 Å². The first kappa shape index (κ1) is 8.45. The van der Waals surface area contributed by atoms with Crippen LogP contribution in [-0.2, 0) is 19.1 Å². The molecule has 0 atom stereocenters. The number of ketones is 1. The molecule has 5 nitrogen and oxygen atoms in total. The molecule has 0 fully saturated rings. The first-order valence-corrected chi connectivity index (χ1v) is 3.20. The lowest BCUT2D eigenvalue weighted by Crippen LogP contribution is -2.42. The Labute approximate surface area is 68.6 Å². The van der Waals surface area contributed by atoms with Crippen LogP contribution < -0.4 is 0 Å². The second-order valence-electron chi connectivity index (χ2n) is 2.25. The molecule has 0 saturated heterocycles. The van der Waals surface area contributed by atoms with Crippen molar-refractivity contribution in [2.45, 2.75) is 0 Å². The third kappa shape index (κ3) is 1.09. The van der Waals surface area contributed by atoms with Crippen molar-refractivity contribution in [2.24, 2.45) is 0 Å². The third-order valence-corrected chi connectivity index (χ3v) is 1.51. The lowest BCUT2D eigenvalue weighted by Gasteiger charge is -2.18. The van der Waals surface area contributed by atoms with Crippen LogP contribution >= 0.6 is 0 Å². The van der Waals surface area contributed by atoms with Crippen molar-refractivity contribution in [1.82, 2.24) is 4.90 Å². The first-order chi connectivity index (χ1) is 5.57. The summed E-state index contributed by atoms with van der Waals surface area (Å²) >= 11 is 0. The van der Waals surface area contributed by atoms with Gasteiger partial charge in [-0.25, -0.2) is 0 Å². The van der Waals surface area contributed by atoms with Crippen LogP contribution in [0.2, 0.25) is 0 Å². The second kappa shape index (κ2) is 2.77. The van der Waals surface area contributed by atoms with Crippen molar-refractivity contribution < 1.29 is 19.1 Å². The van der Waals surface area contributed by atoms with E-state index < -0.39 is 17.6 Å². The fraction of sp³-hybridized carbons (Fsp3) is 0.286. The third-order valence-electron chi connectivity index (χ3n) is 1.51. The van der Waals surface area contributed by atoms with Crippen molar-refractivity contribution >= 4 is 17.6 Å². The molecule has 0 radical (unpaired) electrons. The predicted octanol–water partition coefficient (Wildman–Crippen LogP) is -0.916. The fourth-order valence-electron chi connectivity index (χ4n) is 0.812. The summed E-state index contributed by atoms with van der Waals surface area (Å²) in [6.07, 6.45) is 0.894. The summed E-state index contributed by atoms with van der Waals surface area (Å²) in [7, 11) is 2.50. The summed E-state index contributed by atoms with van der Waals surface area (Å²) in [5.74, 6) is -2.28. The zero-order chi connectivity index (χ0) is 9.30. The fourth-order valence-corrected chi connectivity index (χ4v) is 0.812. The van der Waals surface area contributed by atoms with Crippen LogP contribution in [0.1, 0.15) is 0 Å². The zero-order valence-corrected chi connectivity index (χ0v) is 6.66. The van der Waals surface area contributed by atoms with Crippen LogP contribution in [0.4, 0.5) is 0 Å². The number of hydrogen-bond acceptors (Lipinski definition) is 4. The molecule has 64 valence electrons. The summed E-state index contributed by atoms with van der Waals surface area (Å²) in [6, 6.07) is 0. The van der Waals surface area contributed by atoms with E-state index in [1.807, 2.05) is 0 Å². The van der Waals surface area contributed by atoms with Gasteiger partial charge in [0.2, 0.25) is 5.78 Å². The second-order valence-corrected chi connectivity index (χ2v) is 2.25. The van der Waals surface area contributed by atoms with Gasteiger partial charge in [-0.15, -0.1) is 0 Å². The molecule has 12 heavy (non-hydrogen) atoms. The molecule has 2 amide bonds. The summed E-state index contributed by atoms with van der Waals surface area (Å²) in [5.41, 5.74) is 0. The minimum absolute atomic E-state index is 0.109. The smallest absolute Gasteiger partial charge is 0.301 e. The molecular weight excluding hydrogens is 162 g/mol. The van der Waals surface area contributed by atoms with Gasteiger partial charge in [-0.05, 0) is 0 Å². The van der Waals surface area contributed by atoms with E-state index in [1.165, 1.54) is 14.2 Å². The Hall–Kier alpha value is -1.65. The van der Waals surface area contributed by atoms with Gasteiger partial charge < -0.3 is 4.74 Å². The molecule has 0 aliphatic carbocycles. The van der Waals surface area contributed by atoms with Crippen molar-refractivity contribution in [1.29, 1.82) is 0 Å². The maximum atomic E-state index is 11.1. The molecule has 1 aliphatic heterocycles. The van der Waals surface area contributed by atoms with Gasteiger partial charge >= 0.3 is 5.91 Å². The van der Waals surface area contributed by atoms with E-state index in [9.17, 15) is 14.4 Å². The molecule has 0 spiro atoms. The maximum Gasteiger partial charge on any atom is 0.301 e. The molecular formula is C7H7NO4. The predicted molar refractivity (Wildman–Crippen MR) is 37.9 cm³/mol. The Balaban J connectivity index is 3.08. The molecule has 1 heterocycles. The van der Waals surface area contributed by atoms with Gasteiger partial charge in [0, 0.05) is 13.1 Å². The van der Waals surface area contributed by atoms with Crippen LogP contribution in [0, 0.1) is 0 Å². The van der Waals surface area contributed by atoms with E-state index in [0.29, 0.717) is 0 Å². The molecule has 0 saturated carbocycles. The van der Waals surface area contributed by atoms with E-state index in [-0.39, 0.29) is 5.76 Å². The van der Waals surface area contributed by atoms with Gasteiger partial charge in [0.15, 0.2) is 5.76 Å². The Bertz CT molecular complexity index is 292.